The minimum atomic E-state index is -4.56. The maximum absolute atomic E-state index is 13.5. The third kappa shape index (κ3) is 5.07. The van der Waals surface area contributed by atoms with Crippen LogP contribution in [-0.4, -0.2) is 16.1 Å². The first-order valence-electron chi connectivity index (χ1n) is 10.3. The second-order valence-electron chi connectivity index (χ2n) is 7.76. The van der Waals surface area contributed by atoms with Gasteiger partial charge in [-0.1, -0.05) is 23.7 Å². The number of carbonyl (C=O) groups is 1. The number of allylic oxidation sites excluding steroid dienone is 2. The number of benzene rings is 2. The van der Waals surface area contributed by atoms with Crippen molar-refractivity contribution in [3.05, 3.63) is 93.5 Å². The molecular weight excluding hydrogens is 474 g/mol. The number of aromatic carboxylic acids is 1. The van der Waals surface area contributed by atoms with Gasteiger partial charge in [0, 0.05) is 11.1 Å². The minimum absolute atomic E-state index is 0.0765. The summed E-state index contributed by atoms with van der Waals surface area (Å²) in [5, 5.41) is 9.41. The van der Waals surface area contributed by atoms with Crippen LogP contribution in [-0.2, 0) is 12.8 Å². The molecule has 0 spiro atoms. The summed E-state index contributed by atoms with van der Waals surface area (Å²) in [6, 6.07) is 11.6. The van der Waals surface area contributed by atoms with Crippen molar-refractivity contribution in [2.45, 2.75) is 32.0 Å². The lowest BCUT2D eigenvalue weighted by Gasteiger charge is -2.17. The van der Waals surface area contributed by atoms with E-state index in [-0.39, 0.29) is 28.6 Å². The zero-order valence-corrected chi connectivity index (χ0v) is 18.4. The summed E-state index contributed by atoms with van der Waals surface area (Å²) in [6.07, 6.45) is -2.88. The van der Waals surface area contributed by atoms with Crippen molar-refractivity contribution >= 4 is 28.7 Å². The van der Waals surface area contributed by atoms with Gasteiger partial charge in [0.05, 0.1) is 16.3 Å². The molecule has 0 amide bonds. The van der Waals surface area contributed by atoms with Gasteiger partial charge in [0.25, 0.3) is 0 Å². The van der Waals surface area contributed by atoms with E-state index >= 15 is 0 Å². The first-order valence-corrected chi connectivity index (χ1v) is 10.7. The molecule has 34 heavy (non-hydrogen) atoms. The average Bonchev–Trinajstić information content (AvgIpc) is 3.27. The molecule has 4 rings (SSSR count). The smallest absolute Gasteiger partial charge is 0.416 e. The molecule has 0 saturated heterocycles. The zero-order chi connectivity index (χ0) is 24.5. The number of hydrogen-bond acceptors (Lipinski definition) is 3. The fourth-order valence-electron chi connectivity index (χ4n) is 3.91. The number of halogens is 5. The van der Waals surface area contributed by atoms with Crippen LogP contribution >= 0.6 is 11.6 Å². The molecule has 0 atom stereocenters. The molecule has 1 aliphatic rings. The largest absolute Gasteiger partial charge is 0.488 e. The van der Waals surface area contributed by atoms with Crippen LogP contribution in [0, 0.1) is 5.82 Å². The number of ether oxygens (including phenoxy) is 1. The maximum atomic E-state index is 13.5. The van der Waals surface area contributed by atoms with E-state index in [0.717, 1.165) is 18.2 Å². The second-order valence-corrected chi connectivity index (χ2v) is 8.16. The van der Waals surface area contributed by atoms with Gasteiger partial charge in [0.1, 0.15) is 23.9 Å². The molecule has 3 aromatic rings. The first kappa shape index (κ1) is 23.8. The highest BCUT2D eigenvalue weighted by atomic mass is 35.5. The Bertz CT molecular complexity index is 1290. The Kier molecular flexibility index (Phi) is 6.61. The second kappa shape index (κ2) is 9.46. The van der Waals surface area contributed by atoms with Crippen LogP contribution in [0.3, 0.4) is 0 Å². The number of carboxylic acid groups (broad SMARTS) is 1. The molecule has 0 fully saturated rings. The van der Waals surface area contributed by atoms with Crippen molar-refractivity contribution in [3.8, 4) is 5.75 Å². The molecule has 2 aromatic carbocycles. The molecule has 0 radical (unpaired) electrons. The van der Waals surface area contributed by atoms with Crippen LogP contribution < -0.4 is 4.74 Å². The number of aromatic nitrogens is 1. The molecule has 1 N–H and O–H groups in total. The first-order chi connectivity index (χ1) is 16.1. The molecule has 176 valence electrons. The summed E-state index contributed by atoms with van der Waals surface area (Å²) in [4.78, 5) is 15.5. The monoisotopic (exact) mass is 491 g/mol. The molecule has 0 bridgehead atoms. The Morgan fingerprint density at radius 3 is 2.53 bits per heavy atom. The molecule has 0 aliphatic heterocycles. The number of nitrogens with zero attached hydrogens (tertiary/aromatic N) is 1. The Labute approximate surface area is 197 Å². The molecule has 4 nitrogen and oxygen atoms in total. The lowest BCUT2D eigenvalue weighted by molar-refractivity contribution is -0.137. The van der Waals surface area contributed by atoms with Gasteiger partial charge in [-0.15, -0.1) is 0 Å². The molecule has 0 saturated carbocycles. The predicted octanol–water partition coefficient (Wildman–Crippen LogP) is 7.26. The van der Waals surface area contributed by atoms with Gasteiger partial charge in [-0.3, -0.25) is 0 Å². The summed E-state index contributed by atoms with van der Waals surface area (Å²) >= 11 is 6.06. The third-order valence-corrected chi connectivity index (χ3v) is 5.88. The van der Waals surface area contributed by atoms with E-state index in [1.165, 1.54) is 24.3 Å². The van der Waals surface area contributed by atoms with E-state index in [0.29, 0.717) is 41.7 Å². The van der Waals surface area contributed by atoms with Gasteiger partial charge in [0.2, 0.25) is 0 Å². The van der Waals surface area contributed by atoms with Gasteiger partial charge in [-0.25, -0.2) is 14.2 Å². The highest BCUT2D eigenvalue weighted by Crippen LogP contribution is 2.44. The third-order valence-electron chi connectivity index (χ3n) is 5.53. The van der Waals surface area contributed by atoms with Gasteiger partial charge < -0.3 is 9.84 Å². The molecule has 0 unspecified atom stereocenters. The van der Waals surface area contributed by atoms with Crippen LogP contribution in [0.1, 0.15) is 52.1 Å². The number of carboxylic acids is 1. The van der Waals surface area contributed by atoms with Gasteiger partial charge in [-0.05, 0) is 72.9 Å². The number of rotatable bonds is 6. The van der Waals surface area contributed by atoms with E-state index in [9.17, 15) is 27.5 Å². The van der Waals surface area contributed by atoms with Crippen molar-refractivity contribution in [1.82, 2.24) is 4.98 Å². The summed E-state index contributed by atoms with van der Waals surface area (Å²) in [7, 11) is 0. The highest BCUT2D eigenvalue weighted by Gasteiger charge is 2.32. The Morgan fingerprint density at radius 1 is 1.06 bits per heavy atom. The number of hydrogen-bond donors (Lipinski definition) is 1. The summed E-state index contributed by atoms with van der Waals surface area (Å²) in [5.74, 6) is -1.50. The SMILES string of the molecule is O=C(O)c1cccc(C2=C(c3cc(C(F)(F)F)ccc3OCc3ccc(F)cc3Cl)CCC2)n1. The summed E-state index contributed by atoms with van der Waals surface area (Å²) < 4.78 is 59.7. The van der Waals surface area contributed by atoms with E-state index in [1.54, 1.807) is 12.1 Å². The number of alkyl halides is 3. The van der Waals surface area contributed by atoms with Gasteiger partial charge in [-0.2, -0.15) is 13.2 Å². The van der Waals surface area contributed by atoms with Crippen molar-refractivity contribution in [1.29, 1.82) is 0 Å². The van der Waals surface area contributed by atoms with Gasteiger partial charge in [0.15, 0.2) is 0 Å². The van der Waals surface area contributed by atoms with Crippen LogP contribution in [0.5, 0.6) is 5.75 Å². The zero-order valence-electron chi connectivity index (χ0n) is 17.6. The molecular formula is C25H18ClF4NO3. The van der Waals surface area contributed by atoms with E-state index in [2.05, 4.69) is 4.98 Å². The lowest BCUT2D eigenvalue weighted by atomic mass is 9.97. The quantitative estimate of drug-likeness (QED) is 0.368. The number of pyridine rings is 1. The summed E-state index contributed by atoms with van der Waals surface area (Å²) in [6.45, 7) is -0.0765. The summed E-state index contributed by atoms with van der Waals surface area (Å²) in [5.41, 5.74) is 1.43. The van der Waals surface area contributed by atoms with Gasteiger partial charge >= 0.3 is 12.1 Å². The van der Waals surface area contributed by atoms with Crippen molar-refractivity contribution in [3.63, 3.8) is 0 Å². The van der Waals surface area contributed by atoms with Crippen molar-refractivity contribution < 1.29 is 32.2 Å². The van der Waals surface area contributed by atoms with Crippen LogP contribution in [0.15, 0.2) is 54.6 Å². The lowest BCUT2D eigenvalue weighted by Crippen LogP contribution is -2.07. The van der Waals surface area contributed by atoms with E-state index < -0.39 is 23.5 Å². The van der Waals surface area contributed by atoms with Crippen LogP contribution in [0.2, 0.25) is 5.02 Å². The highest BCUT2D eigenvalue weighted by molar-refractivity contribution is 6.31. The topological polar surface area (TPSA) is 59.4 Å². The van der Waals surface area contributed by atoms with Crippen molar-refractivity contribution in [2.24, 2.45) is 0 Å². The standard InChI is InChI=1S/C25H18ClF4NO3/c26-20-12-16(27)9-7-14(20)13-34-23-10-8-15(25(28,29)30)11-19(23)17-3-1-4-18(17)21-5-2-6-22(31-21)24(32)33/h2,5-12H,1,3-4,13H2,(H,32,33). The van der Waals surface area contributed by atoms with E-state index in [1.807, 2.05) is 0 Å². The maximum Gasteiger partial charge on any atom is 0.416 e. The Hall–Kier alpha value is -3.39. The average molecular weight is 492 g/mol. The normalized spacial score (nSPS) is 13.9. The Morgan fingerprint density at radius 2 is 1.82 bits per heavy atom. The molecule has 1 aliphatic carbocycles. The predicted molar refractivity (Wildman–Crippen MR) is 119 cm³/mol. The molecule has 1 aromatic heterocycles. The van der Waals surface area contributed by atoms with E-state index in [4.69, 9.17) is 16.3 Å². The van der Waals surface area contributed by atoms with Crippen molar-refractivity contribution in [2.75, 3.05) is 0 Å². The fourth-order valence-corrected chi connectivity index (χ4v) is 4.13. The Balaban J connectivity index is 1.78. The molecule has 9 heteroatoms. The fraction of sp³-hybridized carbons (Fsp3) is 0.200. The molecule has 1 heterocycles. The minimum Gasteiger partial charge on any atom is -0.488 e. The van der Waals surface area contributed by atoms with Crippen LogP contribution in [0.4, 0.5) is 17.6 Å². The van der Waals surface area contributed by atoms with Crippen LogP contribution in [0.25, 0.3) is 11.1 Å².